The standard InChI is InChI=1S/C16H23N3O4/c1-21-10-15(20)19-6-8-23-16(12-19)11-18(5-7-22-13-16)14-3-2-4-17-9-14/h2-4,9H,5-8,10-13H2,1H3. The quantitative estimate of drug-likeness (QED) is 0.790. The van der Waals surface area contributed by atoms with Gasteiger partial charge in [0, 0.05) is 26.4 Å². The van der Waals surface area contributed by atoms with E-state index in [0.717, 1.165) is 12.2 Å². The van der Waals surface area contributed by atoms with Crippen molar-refractivity contribution in [3.8, 4) is 0 Å². The van der Waals surface area contributed by atoms with E-state index in [2.05, 4.69) is 9.88 Å². The third-order valence-electron chi connectivity index (χ3n) is 4.23. The molecule has 3 rings (SSSR count). The summed E-state index contributed by atoms with van der Waals surface area (Å²) in [6, 6.07) is 3.95. The summed E-state index contributed by atoms with van der Waals surface area (Å²) in [5, 5.41) is 0. The first kappa shape index (κ1) is 16.2. The van der Waals surface area contributed by atoms with Gasteiger partial charge in [-0.2, -0.15) is 0 Å². The fourth-order valence-corrected chi connectivity index (χ4v) is 3.12. The molecule has 2 saturated heterocycles. The van der Waals surface area contributed by atoms with E-state index in [0.29, 0.717) is 39.5 Å². The van der Waals surface area contributed by atoms with Crippen molar-refractivity contribution in [2.75, 3.05) is 64.6 Å². The van der Waals surface area contributed by atoms with E-state index in [1.807, 2.05) is 23.2 Å². The number of ether oxygens (including phenoxy) is 3. The zero-order valence-corrected chi connectivity index (χ0v) is 13.4. The molecular formula is C16H23N3O4. The molecule has 1 amide bonds. The molecule has 0 N–H and O–H groups in total. The molecule has 7 nitrogen and oxygen atoms in total. The Labute approximate surface area is 136 Å². The fourth-order valence-electron chi connectivity index (χ4n) is 3.12. The van der Waals surface area contributed by atoms with Crippen molar-refractivity contribution in [2.24, 2.45) is 0 Å². The van der Waals surface area contributed by atoms with E-state index in [1.54, 1.807) is 6.20 Å². The van der Waals surface area contributed by atoms with Crippen LogP contribution in [0.2, 0.25) is 0 Å². The molecular weight excluding hydrogens is 298 g/mol. The predicted molar refractivity (Wildman–Crippen MR) is 84.4 cm³/mol. The summed E-state index contributed by atoms with van der Waals surface area (Å²) in [7, 11) is 1.53. The average Bonchev–Trinajstić information content (AvgIpc) is 2.79. The number of anilines is 1. The number of hydrogen-bond donors (Lipinski definition) is 0. The first-order valence-electron chi connectivity index (χ1n) is 7.86. The third kappa shape index (κ3) is 3.80. The minimum absolute atomic E-state index is 0.00708. The van der Waals surface area contributed by atoms with Crippen LogP contribution in [0.5, 0.6) is 0 Å². The minimum Gasteiger partial charge on any atom is -0.376 e. The molecule has 0 aliphatic carbocycles. The Bertz CT molecular complexity index is 527. The molecule has 0 saturated carbocycles. The lowest BCUT2D eigenvalue weighted by molar-refractivity contribution is -0.160. The Morgan fingerprint density at radius 3 is 3.09 bits per heavy atom. The molecule has 1 atom stereocenters. The molecule has 2 fully saturated rings. The highest BCUT2D eigenvalue weighted by atomic mass is 16.5. The van der Waals surface area contributed by atoms with Crippen molar-refractivity contribution in [1.82, 2.24) is 9.88 Å². The van der Waals surface area contributed by atoms with Gasteiger partial charge < -0.3 is 24.0 Å². The molecule has 1 spiro atoms. The lowest BCUT2D eigenvalue weighted by Crippen LogP contribution is -2.60. The van der Waals surface area contributed by atoms with Crippen molar-refractivity contribution in [3.05, 3.63) is 24.5 Å². The topological polar surface area (TPSA) is 64.1 Å². The van der Waals surface area contributed by atoms with Crippen LogP contribution in [0.1, 0.15) is 0 Å². The van der Waals surface area contributed by atoms with Gasteiger partial charge in [-0.05, 0) is 12.1 Å². The summed E-state index contributed by atoms with van der Waals surface area (Å²) in [4.78, 5) is 20.4. The van der Waals surface area contributed by atoms with E-state index >= 15 is 0 Å². The summed E-state index contributed by atoms with van der Waals surface area (Å²) in [5.41, 5.74) is 0.537. The Morgan fingerprint density at radius 2 is 2.30 bits per heavy atom. The van der Waals surface area contributed by atoms with Crippen LogP contribution in [-0.4, -0.2) is 81.1 Å². The number of carbonyl (C=O) groups is 1. The number of methoxy groups -OCH3 is 1. The van der Waals surface area contributed by atoms with Crippen LogP contribution < -0.4 is 4.90 Å². The maximum atomic E-state index is 12.1. The van der Waals surface area contributed by atoms with Gasteiger partial charge in [-0.1, -0.05) is 0 Å². The highest BCUT2D eigenvalue weighted by Crippen LogP contribution is 2.25. The van der Waals surface area contributed by atoms with Gasteiger partial charge in [-0.3, -0.25) is 9.78 Å². The van der Waals surface area contributed by atoms with Crippen molar-refractivity contribution >= 4 is 11.6 Å². The zero-order valence-electron chi connectivity index (χ0n) is 13.4. The highest BCUT2D eigenvalue weighted by Gasteiger charge is 2.41. The van der Waals surface area contributed by atoms with Crippen LogP contribution in [-0.2, 0) is 19.0 Å². The Hall–Kier alpha value is -1.70. The van der Waals surface area contributed by atoms with E-state index in [1.165, 1.54) is 7.11 Å². The smallest absolute Gasteiger partial charge is 0.248 e. The molecule has 23 heavy (non-hydrogen) atoms. The molecule has 0 radical (unpaired) electrons. The number of rotatable bonds is 3. The molecule has 3 heterocycles. The maximum absolute atomic E-state index is 12.1. The summed E-state index contributed by atoms with van der Waals surface area (Å²) in [6.07, 6.45) is 3.60. The second-order valence-corrected chi connectivity index (χ2v) is 5.97. The number of morpholine rings is 1. The highest BCUT2D eigenvalue weighted by molar-refractivity contribution is 5.77. The van der Waals surface area contributed by atoms with Gasteiger partial charge in [0.25, 0.3) is 0 Å². The van der Waals surface area contributed by atoms with Crippen molar-refractivity contribution in [3.63, 3.8) is 0 Å². The van der Waals surface area contributed by atoms with Gasteiger partial charge in [-0.15, -0.1) is 0 Å². The SMILES string of the molecule is COCC(=O)N1CCOC2(COCCN(c3cccnc3)C2)C1. The number of nitrogens with zero attached hydrogens (tertiary/aromatic N) is 3. The van der Waals surface area contributed by atoms with E-state index in [-0.39, 0.29) is 12.5 Å². The summed E-state index contributed by atoms with van der Waals surface area (Å²) >= 11 is 0. The lowest BCUT2D eigenvalue weighted by atomic mass is 10.0. The largest absolute Gasteiger partial charge is 0.376 e. The van der Waals surface area contributed by atoms with Gasteiger partial charge in [-0.25, -0.2) is 0 Å². The fraction of sp³-hybridized carbons (Fsp3) is 0.625. The predicted octanol–water partition coefficient (Wildman–Crippen LogP) is 0.162. The Balaban J connectivity index is 1.75. The number of aromatic nitrogens is 1. The molecule has 1 unspecified atom stereocenters. The summed E-state index contributed by atoms with van der Waals surface area (Å²) < 4.78 is 16.8. The molecule has 1 aromatic heterocycles. The first-order valence-corrected chi connectivity index (χ1v) is 7.86. The van der Waals surface area contributed by atoms with Crippen LogP contribution >= 0.6 is 0 Å². The number of pyridine rings is 1. The van der Waals surface area contributed by atoms with Crippen LogP contribution in [0.3, 0.4) is 0 Å². The van der Waals surface area contributed by atoms with Gasteiger partial charge in [0.1, 0.15) is 12.2 Å². The van der Waals surface area contributed by atoms with E-state index in [9.17, 15) is 4.79 Å². The van der Waals surface area contributed by atoms with Crippen LogP contribution in [0, 0.1) is 0 Å². The molecule has 0 aromatic carbocycles. The molecule has 2 aliphatic heterocycles. The van der Waals surface area contributed by atoms with Gasteiger partial charge in [0.15, 0.2) is 0 Å². The Morgan fingerprint density at radius 1 is 1.39 bits per heavy atom. The molecule has 0 bridgehead atoms. The molecule has 126 valence electrons. The monoisotopic (exact) mass is 321 g/mol. The average molecular weight is 321 g/mol. The first-order chi connectivity index (χ1) is 11.2. The molecule has 2 aliphatic rings. The van der Waals surface area contributed by atoms with Crippen molar-refractivity contribution in [2.45, 2.75) is 5.60 Å². The zero-order chi connectivity index (χ0) is 16.1. The summed E-state index contributed by atoms with van der Waals surface area (Å²) in [6.45, 7) is 4.30. The third-order valence-corrected chi connectivity index (χ3v) is 4.23. The van der Waals surface area contributed by atoms with Crippen LogP contribution in [0.4, 0.5) is 5.69 Å². The maximum Gasteiger partial charge on any atom is 0.248 e. The van der Waals surface area contributed by atoms with Crippen LogP contribution in [0.25, 0.3) is 0 Å². The second kappa shape index (κ2) is 7.25. The van der Waals surface area contributed by atoms with Gasteiger partial charge in [0.2, 0.25) is 5.91 Å². The van der Waals surface area contributed by atoms with Gasteiger partial charge in [0.05, 0.1) is 44.8 Å². The number of hydrogen-bond acceptors (Lipinski definition) is 6. The van der Waals surface area contributed by atoms with Crippen LogP contribution in [0.15, 0.2) is 24.5 Å². The minimum atomic E-state index is -0.506. The van der Waals surface area contributed by atoms with Crippen molar-refractivity contribution in [1.29, 1.82) is 0 Å². The lowest BCUT2D eigenvalue weighted by Gasteiger charge is -2.43. The molecule has 1 aromatic rings. The second-order valence-electron chi connectivity index (χ2n) is 5.97. The van der Waals surface area contributed by atoms with E-state index < -0.39 is 5.60 Å². The normalized spacial score (nSPS) is 25.4. The van der Waals surface area contributed by atoms with E-state index in [4.69, 9.17) is 14.2 Å². The molecule has 7 heteroatoms. The number of amides is 1. The summed E-state index contributed by atoms with van der Waals surface area (Å²) in [5.74, 6) is -0.00708. The van der Waals surface area contributed by atoms with Gasteiger partial charge >= 0.3 is 0 Å². The number of carbonyl (C=O) groups excluding carboxylic acids is 1. The Kier molecular flexibility index (Phi) is 5.09. The van der Waals surface area contributed by atoms with Crippen molar-refractivity contribution < 1.29 is 19.0 Å².